The van der Waals surface area contributed by atoms with Gasteiger partial charge in [-0.05, 0) is 36.2 Å². The first kappa shape index (κ1) is 16.7. The summed E-state index contributed by atoms with van der Waals surface area (Å²) in [6, 6.07) is 15.7. The lowest BCUT2D eigenvalue weighted by molar-refractivity contribution is -0.131. The summed E-state index contributed by atoms with van der Waals surface area (Å²) in [5.41, 5.74) is 2.90. The van der Waals surface area contributed by atoms with Crippen molar-refractivity contribution >= 4 is 33.4 Å². The second-order valence-electron chi connectivity index (χ2n) is 6.09. The second-order valence-corrected chi connectivity index (χ2v) is 7.01. The lowest BCUT2D eigenvalue weighted by Crippen LogP contribution is -2.34. The summed E-state index contributed by atoms with van der Waals surface area (Å²) in [6.45, 7) is 2.63. The van der Waals surface area contributed by atoms with E-state index in [4.69, 9.17) is 0 Å². The molecule has 24 heavy (non-hydrogen) atoms. The molecule has 0 aromatic heterocycles. The minimum Gasteiger partial charge on any atom is -0.333 e. The number of rotatable bonds is 4. The summed E-state index contributed by atoms with van der Waals surface area (Å²) < 4.78 is 0.971. The second kappa shape index (κ2) is 7.18. The molecule has 2 amide bonds. The highest BCUT2D eigenvalue weighted by Crippen LogP contribution is 2.28. The summed E-state index contributed by atoms with van der Waals surface area (Å²) in [5.74, 6) is 0.0370. The number of aryl methyl sites for hydroxylation is 1. The van der Waals surface area contributed by atoms with Crippen LogP contribution in [0.5, 0.6) is 0 Å². The number of anilines is 1. The van der Waals surface area contributed by atoms with Crippen molar-refractivity contribution in [2.75, 3.05) is 18.4 Å². The van der Waals surface area contributed by atoms with Gasteiger partial charge >= 0.3 is 0 Å². The molecule has 0 bridgehead atoms. The zero-order valence-electron chi connectivity index (χ0n) is 13.5. The van der Waals surface area contributed by atoms with Crippen LogP contribution in [0.15, 0.2) is 53.0 Å². The van der Waals surface area contributed by atoms with E-state index in [1.54, 1.807) is 4.90 Å². The molecule has 0 radical (unpaired) electrons. The maximum Gasteiger partial charge on any atom is 0.244 e. The SMILES string of the molecule is Cc1cc(Br)ccc1NC(=O)CN1C[C@@H](c2ccccc2)CC1=O. The number of hydrogen-bond acceptors (Lipinski definition) is 2. The highest BCUT2D eigenvalue weighted by atomic mass is 79.9. The summed E-state index contributed by atoms with van der Waals surface area (Å²) in [5, 5.41) is 2.89. The highest BCUT2D eigenvalue weighted by Gasteiger charge is 2.31. The molecule has 1 N–H and O–H groups in total. The molecular formula is C19H19BrN2O2. The normalized spacial score (nSPS) is 17.2. The fourth-order valence-electron chi connectivity index (χ4n) is 3.00. The topological polar surface area (TPSA) is 49.4 Å². The van der Waals surface area contributed by atoms with Crippen molar-refractivity contribution < 1.29 is 9.59 Å². The smallest absolute Gasteiger partial charge is 0.244 e. The maximum atomic E-state index is 12.3. The van der Waals surface area contributed by atoms with Gasteiger partial charge in [-0.2, -0.15) is 0 Å². The van der Waals surface area contributed by atoms with Crippen molar-refractivity contribution in [2.45, 2.75) is 19.3 Å². The van der Waals surface area contributed by atoms with Crippen LogP contribution in [0, 0.1) is 6.92 Å². The number of hydrogen-bond donors (Lipinski definition) is 1. The predicted molar refractivity (Wildman–Crippen MR) is 97.9 cm³/mol. The van der Waals surface area contributed by atoms with Crippen LogP contribution in [-0.2, 0) is 9.59 Å². The van der Waals surface area contributed by atoms with Gasteiger partial charge in [0.15, 0.2) is 0 Å². The van der Waals surface area contributed by atoms with Gasteiger partial charge in [-0.15, -0.1) is 0 Å². The number of nitrogens with zero attached hydrogens (tertiary/aromatic N) is 1. The number of nitrogens with one attached hydrogen (secondary N) is 1. The molecule has 0 saturated carbocycles. The summed E-state index contributed by atoms with van der Waals surface area (Å²) in [7, 11) is 0. The minimum atomic E-state index is -0.164. The molecule has 1 saturated heterocycles. The van der Waals surface area contributed by atoms with Crippen LogP contribution in [0.4, 0.5) is 5.69 Å². The maximum absolute atomic E-state index is 12.3. The number of benzene rings is 2. The van der Waals surface area contributed by atoms with E-state index in [0.29, 0.717) is 13.0 Å². The molecule has 5 heteroatoms. The molecule has 124 valence electrons. The number of likely N-dealkylation sites (tertiary alicyclic amines) is 1. The highest BCUT2D eigenvalue weighted by molar-refractivity contribution is 9.10. The molecule has 1 atom stereocenters. The van der Waals surface area contributed by atoms with Crippen LogP contribution in [0.1, 0.15) is 23.5 Å². The van der Waals surface area contributed by atoms with E-state index < -0.39 is 0 Å². The zero-order valence-corrected chi connectivity index (χ0v) is 15.0. The van der Waals surface area contributed by atoms with Gasteiger partial charge in [0, 0.05) is 29.0 Å². The molecule has 0 unspecified atom stereocenters. The van der Waals surface area contributed by atoms with E-state index in [1.165, 1.54) is 0 Å². The number of halogens is 1. The van der Waals surface area contributed by atoms with Gasteiger partial charge in [0.1, 0.15) is 0 Å². The van der Waals surface area contributed by atoms with E-state index in [-0.39, 0.29) is 24.3 Å². The van der Waals surface area contributed by atoms with Crippen LogP contribution >= 0.6 is 15.9 Å². The molecular weight excluding hydrogens is 368 g/mol. The van der Waals surface area contributed by atoms with Crippen LogP contribution < -0.4 is 5.32 Å². The minimum absolute atomic E-state index is 0.0338. The van der Waals surface area contributed by atoms with Crippen molar-refractivity contribution in [3.05, 3.63) is 64.1 Å². The van der Waals surface area contributed by atoms with Crippen molar-refractivity contribution in [2.24, 2.45) is 0 Å². The Morgan fingerprint density at radius 2 is 2.00 bits per heavy atom. The molecule has 3 rings (SSSR count). The van der Waals surface area contributed by atoms with E-state index in [2.05, 4.69) is 21.2 Å². The van der Waals surface area contributed by atoms with Crippen LogP contribution in [-0.4, -0.2) is 29.8 Å². The van der Waals surface area contributed by atoms with Gasteiger partial charge < -0.3 is 10.2 Å². The van der Waals surface area contributed by atoms with Crippen molar-refractivity contribution in [3.63, 3.8) is 0 Å². The molecule has 2 aromatic carbocycles. The Bertz CT molecular complexity index is 761. The molecule has 1 aliphatic heterocycles. The quantitative estimate of drug-likeness (QED) is 0.870. The van der Waals surface area contributed by atoms with Gasteiger partial charge in [0.2, 0.25) is 11.8 Å². The first-order valence-electron chi connectivity index (χ1n) is 7.91. The Kier molecular flexibility index (Phi) is 5.00. The van der Waals surface area contributed by atoms with Crippen LogP contribution in [0.3, 0.4) is 0 Å². The van der Waals surface area contributed by atoms with Gasteiger partial charge in [-0.1, -0.05) is 46.3 Å². The van der Waals surface area contributed by atoms with Gasteiger partial charge in [-0.3, -0.25) is 9.59 Å². The number of carbonyl (C=O) groups is 2. The van der Waals surface area contributed by atoms with E-state index in [0.717, 1.165) is 21.3 Å². The summed E-state index contributed by atoms with van der Waals surface area (Å²) in [4.78, 5) is 26.1. The first-order chi connectivity index (χ1) is 11.5. The number of amides is 2. The van der Waals surface area contributed by atoms with E-state index in [9.17, 15) is 9.59 Å². The van der Waals surface area contributed by atoms with Crippen molar-refractivity contribution in [3.8, 4) is 0 Å². The van der Waals surface area contributed by atoms with E-state index in [1.807, 2.05) is 55.5 Å². The lowest BCUT2D eigenvalue weighted by atomic mass is 9.99. The van der Waals surface area contributed by atoms with E-state index >= 15 is 0 Å². The van der Waals surface area contributed by atoms with Gasteiger partial charge in [-0.25, -0.2) is 0 Å². The van der Waals surface area contributed by atoms with Crippen molar-refractivity contribution in [1.82, 2.24) is 4.90 Å². The molecule has 4 nitrogen and oxygen atoms in total. The zero-order chi connectivity index (χ0) is 17.1. The lowest BCUT2D eigenvalue weighted by Gasteiger charge is -2.17. The Morgan fingerprint density at radius 1 is 1.25 bits per heavy atom. The Labute approximate surface area is 150 Å². The van der Waals surface area contributed by atoms with Crippen LogP contribution in [0.25, 0.3) is 0 Å². The molecule has 2 aromatic rings. The first-order valence-corrected chi connectivity index (χ1v) is 8.71. The fourth-order valence-corrected chi connectivity index (χ4v) is 3.48. The average molecular weight is 387 g/mol. The molecule has 1 heterocycles. The van der Waals surface area contributed by atoms with Crippen molar-refractivity contribution in [1.29, 1.82) is 0 Å². The third-order valence-electron chi connectivity index (χ3n) is 4.28. The third-order valence-corrected chi connectivity index (χ3v) is 4.78. The van der Waals surface area contributed by atoms with Crippen LogP contribution in [0.2, 0.25) is 0 Å². The van der Waals surface area contributed by atoms with Gasteiger partial charge in [0.05, 0.1) is 6.54 Å². The molecule has 0 spiro atoms. The Hall–Kier alpha value is -2.14. The largest absolute Gasteiger partial charge is 0.333 e. The third kappa shape index (κ3) is 3.85. The predicted octanol–water partition coefficient (Wildman–Crippen LogP) is 3.71. The molecule has 1 aliphatic rings. The molecule has 1 fully saturated rings. The monoisotopic (exact) mass is 386 g/mol. The Balaban J connectivity index is 1.61. The summed E-state index contributed by atoms with van der Waals surface area (Å²) in [6.07, 6.45) is 0.467. The average Bonchev–Trinajstić information content (AvgIpc) is 2.92. The number of carbonyl (C=O) groups excluding carboxylic acids is 2. The fraction of sp³-hybridized carbons (Fsp3) is 0.263. The van der Waals surface area contributed by atoms with Gasteiger partial charge in [0.25, 0.3) is 0 Å². The Morgan fingerprint density at radius 3 is 2.71 bits per heavy atom. The standard InChI is InChI=1S/C19H19BrN2O2/c1-13-9-16(20)7-8-17(13)21-18(23)12-22-11-15(10-19(22)24)14-5-3-2-4-6-14/h2-9,15H,10-12H2,1H3,(H,21,23)/t15-/m0/s1. The summed E-state index contributed by atoms with van der Waals surface area (Å²) >= 11 is 3.40. The molecule has 0 aliphatic carbocycles.